The molecule has 0 unspecified atom stereocenters. The van der Waals surface area contributed by atoms with Gasteiger partial charge in [0.15, 0.2) is 6.04 Å². The average Bonchev–Trinajstić information content (AvgIpc) is 2.99. The summed E-state index contributed by atoms with van der Waals surface area (Å²) in [5.74, 6) is -0.497. The first-order valence-corrected chi connectivity index (χ1v) is 9.20. The Hall–Kier alpha value is -2.46. The van der Waals surface area contributed by atoms with Gasteiger partial charge in [0.1, 0.15) is 0 Å². The van der Waals surface area contributed by atoms with E-state index >= 15 is 0 Å². The van der Waals surface area contributed by atoms with Crippen LogP contribution in [0.5, 0.6) is 0 Å². The summed E-state index contributed by atoms with van der Waals surface area (Å²) in [4.78, 5) is 17.0. The summed E-state index contributed by atoms with van der Waals surface area (Å²) >= 11 is 0. The van der Waals surface area contributed by atoms with Crippen LogP contribution in [0, 0.1) is 0 Å². The van der Waals surface area contributed by atoms with Crippen LogP contribution in [-0.2, 0) is 9.53 Å². The van der Waals surface area contributed by atoms with Crippen LogP contribution >= 0.6 is 0 Å². The predicted octanol–water partition coefficient (Wildman–Crippen LogP) is 3.99. The molecule has 2 aromatic rings. The van der Waals surface area contributed by atoms with Gasteiger partial charge < -0.3 is 9.84 Å². The lowest BCUT2D eigenvalue weighted by Gasteiger charge is -2.18. The fraction of sp³-hybridized carbons (Fsp3) is 0.364. The number of esters is 1. The fourth-order valence-corrected chi connectivity index (χ4v) is 3.45. The second kappa shape index (κ2) is 8.28. The second-order valence-electron chi connectivity index (χ2n) is 6.60. The molecule has 2 aromatic carbocycles. The topological polar surface area (TPSA) is 58.9 Å². The van der Waals surface area contributed by atoms with Crippen molar-refractivity contribution in [2.75, 3.05) is 7.11 Å². The minimum absolute atomic E-state index is 0.497. The van der Waals surface area contributed by atoms with Gasteiger partial charge in [0.2, 0.25) is 0 Å². The van der Waals surface area contributed by atoms with Crippen molar-refractivity contribution < 1.29 is 14.6 Å². The molecule has 4 heteroatoms. The second-order valence-corrected chi connectivity index (χ2v) is 6.60. The van der Waals surface area contributed by atoms with Crippen LogP contribution in [0.1, 0.15) is 43.7 Å². The summed E-state index contributed by atoms with van der Waals surface area (Å²) in [5.41, 5.74) is 4.93. The van der Waals surface area contributed by atoms with Crippen molar-refractivity contribution in [1.82, 2.24) is 0 Å². The minimum Gasteiger partial charge on any atom is -0.467 e. The summed E-state index contributed by atoms with van der Waals surface area (Å²) in [5, 5.41) is 10.6. The summed E-state index contributed by atoms with van der Waals surface area (Å²) in [6.07, 6.45) is 2.64. The van der Waals surface area contributed by atoms with Gasteiger partial charge in [-0.2, -0.15) is 0 Å². The van der Waals surface area contributed by atoms with Crippen molar-refractivity contribution in [3.05, 3.63) is 59.7 Å². The van der Waals surface area contributed by atoms with Gasteiger partial charge in [0.05, 0.1) is 18.9 Å². The number of nitrogens with zero attached hydrogens (tertiary/aromatic N) is 1. The maximum Gasteiger partial charge on any atom is 0.333 e. The van der Waals surface area contributed by atoms with E-state index in [4.69, 9.17) is 9.73 Å². The number of benzene rings is 2. The number of rotatable bonds is 7. The van der Waals surface area contributed by atoms with Gasteiger partial charge in [0, 0.05) is 11.1 Å². The maximum atomic E-state index is 12.3. The Bertz CT molecular complexity index is 765. The highest BCUT2D eigenvalue weighted by molar-refractivity contribution is 6.24. The van der Waals surface area contributed by atoms with Gasteiger partial charge in [-0.15, -0.1) is 0 Å². The molecule has 1 N–H and O–H groups in total. The molecule has 0 bridgehead atoms. The van der Waals surface area contributed by atoms with Gasteiger partial charge in [-0.1, -0.05) is 74.7 Å². The van der Waals surface area contributed by atoms with Crippen molar-refractivity contribution in [2.45, 2.75) is 44.8 Å². The lowest BCUT2D eigenvalue weighted by atomic mass is 10.0. The Labute approximate surface area is 154 Å². The summed E-state index contributed by atoms with van der Waals surface area (Å²) in [6, 6.07) is 15.1. The molecule has 0 spiro atoms. The highest BCUT2D eigenvalue weighted by atomic mass is 16.5. The molecule has 136 valence electrons. The Kier molecular flexibility index (Phi) is 5.84. The smallest absolute Gasteiger partial charge is 0.333 e. The fourth-order valence-electron chi connectivity index (χ4n) is 3.45. The molecule has 4 nitrogen and oxygen atoms in total. The molecular weight excluding hydrogens is 326 g/mol. The highest BCUT2D eigenvalue weighted by Crippen LogP contribution is 2.37. The van der Waals surface area contributed by atoms with Crippen molar-refractivity contribution in [2.24, 2.45) is 4.99 Å². The van der Waals surface area contributed by atoms with Crippen LogP contribution in [0.3, 0.4) is 0 Å². The van der Waals surface area contributed by atoms with E-state index in [9.17, 15) is 9.90 Å². The van der Waals surface area contributed by atoms with E-state index in [1.54, 1.807) is 0 Å². The number of unbranched alkanes of at least 4 members (excludes halogenated alkanes) is 2. The zero-order chi connectivity index (χ0) is 18.5. The van der Waals surface area contributed by atoms with E-state index in [0.29, 0.717) is 6.42 Å². The number of fused-ring (bicyclic) bond motifs is 3. The first kappa shape index (κ1) is 18.3. The Balaban J connectivity index is 2.00. The number of aliphatic hydroxyl groups is 1. The molecule has 0 aliphatic heterocycles. The van der Waals surface area contributed by atoms with Crippen LogP contribution < -0.4 is 0 Å². The number of carbonyl (C=O) groups excluding carboxylic acids is 1. The lowest BCUT2D eigenvalue weighted by Crippen LogP contribution is -2.34. The van der Waals surface area contributed by atoms with E-state index in [2.05, 4.69) is 19.1 Å². The zero-order valence-corrected chi connectivity index (χ0v) is 15.3. The third-order valence-electron chi connectivity index (χ3n) is 4.83. The summed E-state index contributed by atoms with van der Waals surface area (Å²) in [6.45, 7) is 2.11. The third-order valence-corrected chi connectivity index (χ3v) is 4.83. The maximum absolute atomic E-state index is 12.3. The predicted molar refractivity (Wildman–Crippen MR) is 103 cm³/mol. The van der Waals surface area contributed by atoms with Crippen molar-refractivity contribution >= 4 is 11.7 Å². The average molecular weight is 351 g/mol. The van der Waals surface area contributed by atoms with Crippen LogP contribution in [-0.4, -0.2) is 36.0 Å². The minimum atomic E-state index is -0.911. The lowest BCUT2D eigenvalue weighted by molar-refractivity contribution is -0.144. The van der Waals surface area contributed by atoms with Crippen LogP contribution in [0.25, 0.3) is 11.1 Å². The van der Waals surface area contributed by atoms with Crippen molar-refractivity contribution in [3.8, 4) is 11.1 Å². The van der Waals surface area contributed by atoms with Gasteiger partial charge >= 0.3 is 5.97 Å². The molecule has 0 saturated carbocycles. The summed E-state index contributed by atoms with van der Waals surface area (Å²) < 4.78 is 4.92. The molecule has 0 heterocycles. The normalized spacial score (nSPS) is 14.3. The Morgan fingerprint density at radius 2 is 1.54 bits per heavy atom. The number of ether oxygens (including phenoxy) is 1. The van der Waals surface area contributed by atoms with E-state index in [1.807, 2.05) is 36.4 Å². The van der Waals surface area contributed by atoms with E-state index in [1.165, 1.54) is 7.11 Å². The number of hydrogen-bond acceptors (Lipinski definition) is 4. The molecule has 1 aliphatic carbocycles. The van der Waals surface area contributed by atoms with Gasteiger partial charge in [-0.05, 0) is 17.5 Å². The molecule has 0 aromatic heterocycles. The standard InChI is InChI=1S/C22H25NO3/c1-3-4-5-14-19(24)21(22(25)26-2)23-20-17-12-8-6-10-15(17)16-11-7-9-13-18(16)20/h6-13,19,21,24H,3-5,14H2,1-2H3/t19-,21-/m0/s1. The third kappa shape index (κ3) is 3.56. The number of aliphatic imine (C=N–C) groups is 1. The molecular formula is C22H25NO3. The number of methoxy groups -OCH3 is 1. The van der Waals surface area contributed by atoms with E-state index in [0.717, 1.165) is 47.2 Å². The molecule has 3 rings (SSSR count). The van der Waals surface area contributed by atoms with Crippen molar-refractivity contribution in [1.29, 1.82) is 0 Å². The monoisotopic (exact) mass is 351 g/mol. The van der Waals surface area contributed by atoms with Crippen LogP contribution in [0.15, 0.2) is 53.5 Å². The highest BCUT2D eigenvalue weighted by Gasteiger charge is 2.31. The largest absolute Gasteiger partial charge is 0.467 e. The molecule has 1 aliphatic rings. The molecule has 0 amide bonds. The van der Waals surface area contributed by atoms with Crippen LogP contribution in [0.4, 0.5) is 0 Å². The Morgan fingerprint density at radius 3 is 2.04 bits per heavy atom. The zero-order valence-electron chi connectivity index (χ0n) is 15.3. The first-order chi connectivity index (χ1) is 12.7. The molecule has 26 heavy (non-hydrogen) atoms. The molecule has 0 fully saturated rings. The molecule has 0 radical (unpaired) electrons. The van der Waals surface area contributed by atoms with Crippen molar-refractivity contribution in [3.63, 3.8) is 0 Å². The summed E-state index contributed by atoms with van der Waals surface area (Å²) in [7, 11) is 1.34. The quantitative estimate of drug-likeness (QED) is 0.517. The van der Waals surface area contributed by atoms with Gasteiger partial charge in [0.25, 0.3) is 0 Å². The van der Waals surface area contributed by atoms with E-state index < -0.39 is 18.1 Å². The van der Waals surface area contributed by atoms with Gasteiger partial charge in [-0.25, -0.2) is 4.79 Å². The van der Waals surface area contributed by atoms with Gasteiger partial charge in [-0.3, -0.25) is 4.99 Å². The number of carbonyl (C=O) groups is 1. The first-order valence-electron chi connectivity index (χ1n) is 9.20. The SMILES string of the molecule is CCCCC[C@H](O)[C@H](N=C1c2ccccc2-c2ccccc21)C(=O)OC. The molecule has 2 atom stereocenters. The number of hydrogen-bond donors (Lipinski definition) is 1. The van der Waals surface area contributed by atoms with Crippen LogP contribution in [0.2, 0.25) is 0 Å². The number of aliphatic hydroxyl groups excluding tert-OH is 1. The molecule has 0 saturated heterocycles. The van der Waals surface area contributed by atoms with E-state index in [-0.39, 0.29) is 0 Å². The Morgan fingerprint density at radius 1 is 1.00 bits per heavy atom.